The Morgan fingerprint density at radius 2 is 2.07 bits per heavy atom. The summed E-state index contributed by atoms with van der Waals surface area (Å²) in [5.41, 5.74) is 3.39. The molecule has 0 saturated carbocycles. The van der Waals surface area contributed by atoms with Gasteiger partial charge in [0.05, 0.1) is 12.6 Å². The average molecular weight is 419 g/mol. The molecule has 3 atom stereocenters. The van der Waals surface area contributed by atoms with E-state index in [9.17, 15) is 14.6 Å². The smallest absolute Gasteiger partial charge is 0.135 e. The van der Waals surface area contributed by atoms with Gasteiger partial charge in [-0.3, -0.25) is 5.32 Å². The molecular weight excluding hydrogens is 383 g/mol. The second-order valence-electron chi connectivity index (χ2n) is 8.69. The lowest BCUT2D eigenvalue weighted by Crippen LogP contribution is -2.53. The summed E-state index contributed by atoms with van der Waals surface area (Å²) >= 11 is 0. The zero-order valence-electron chi connectivity index (χ0n) is 18.5. The molecule has 166 valence electrons. The maximum atomic E-state index is 13.7. The zero-order chi connectivity index (χ0) is 22.1. The first-order chi connectivity index (χ1) is 14.2. The molecule has 0 aromatic rings. The number of halogens is 1. The van der Waals surface area contributed by atoms with Crippen molar-refractivity contribution in [3.63, 3.8) is 0 Å². The fourth-order valence-electron chi connectivity index (χ4n) is 4.82. The molecule has 0 aromatic carbocycles. The Balaban J connectivity index is 1.97. The van der Waals surface area contributed by atoms with Gasteiger partial charge in [0.2, 0.25) is 0 Å². The monoisotopic (exact) mass is 418 g/mol. The minimum Gasteiger partial charge on any atom is -0.510 e. The van der Waals surface area contributed by atoms with Crippen LogP contribution in [0.25, 0.3) is 0 Å². The molecule has 0 aromatic heterocycles. The van der Waals surface area contributed by atoms with E-state index in [4.69, 9.17) is 4.84 Å². The number of nitrogens with zero attached hydrogens (tertiary/aromatic N) is 1. The number of rotatable bonds is 5. The number of hydrogen-bond acceptors (Lipinski definition) is 5. The predicted octanol–water partition coefficient (Wildman–Crippen LogP) is 4.26. The molecule has 1 spiro atoms. The summed E-state index contributed by atoms with van der Waals surface area (Å²) in [7, 11) is 1.64. The van der Waals surface area contributed by atoms with Gasteiger partial charge in [-0.05, 0) is 73.8 Å². The maximum absolute atomic E-state index is 13.7. The third-order valence-electron chi connectivity index (χ3n) is 6.80. The fraction of sp³-hybridized carbons (Fsp3) is 0.583. The molecule has 2 aliphatic heterocycles. The van der Waals surface area contributed by atoms with E-state index in [1.165, 1.54) is 0 Å². The number of piperidine rings is 1. The molecule has 6 heteroatoms. The van der Waals surface area contributed by atoms with E-state index in [1.807, 2.05) is 44.1 Å². The van der Waals surface area contributed by atoms with Crippen molar-refractivity contribution in [2.24, 2.45) is 5.92 Å². The van der Waals surface area contributed by atoms with E-state index >= 15 is 0 Å². The van der Waals surface area contributed by atoms with Crippen LogP contribution in [0.3, 0.4) is 0 Å². The Morgan fingerprint density at radius 3 is 2.63 bits per heavy atom. The number of allylic oxidation sites excluding steroid dienone is 6. The molecule has 2 heterocycles. The van der Waals surface area contributed by atoms with Gasteiger partial charge in [-0.2, -0.15) is 5.06 Å². The second-order valence-corrected chi connectivity index (χ2v) is 8.69. The number of alkyl halides is 1. The van der Waals surface area contributed by atoms with E-state index < -0.39 is 17.9 Å². The molecule has 0 amide bonds. The highest BCUT2D eigenvalue weighted by Gasteiger charge is 2.48. The number of aliphatic hydroxyl groups excluding tert-OH is 2. The van der Waals surface area contributed by atoms with Crippen molar-refractivity contribution in [3.05, 3.63) is 58.4 Å². The van der Waals surface area contributed by atoms with Gasteiger partial charge in [-0.25, -0.2) is 4.39 Å². The first-order valence-corrected chi connectivity index (χ1v) is 10.8. The Morgan fingerprint density at radius 1 is 1.40 bits per heavy atom. The third kappa shape index (κ3) is 4.33. The van der Waals surface area contributed by atoms with Gasteiger partial charge < -0.3 is 15.1 Å². The van der Waals surface area contributed by atoms with Crippen LogP contribution in [0.5, 0.6) is 0 Å². The van der Waals surface area contributed by atoms with E-state index in [1.54, 1.807) is 7.11 Å². The van der Waals surface area contributed by atoms with Gasteiger partial charge in [0.15, 0.2) is 0 Å². The summed E-state index contributed by atoms with van der Waals surface area (Å²) in [6, 6.07) is 0. The standard InChI is InChI=1S/C24H35FN2O3/c1-6-15(2)20(14-17(4)19-8-7-18(25)13-16(19)3)21-22(28)24(26-23(21)29)9-11-27(30-5)12-10-24/h6,8,14,16,18,23,26,28-29H,4,7,9-13H2,1-3,5H3/b15-6-,20-14+. The van der Waals surface area contributed by atoms with E-state index in [-0.39, 0.29) is 11.7 Å². The molecule has 30 heavy (non-hydrogen) atoms. The first-order valence-electron chi connectivity index (χ1n) is 10.8. The van der Waals surface area contributed by atoms with Crippen molar-refractivity contribution in [2.75, 3.05) is 20.2 Å². The summed E-state index contributed by atoms with van der Waals surface area (Å²) in [5, 5.41) is 27.2. The number of hydrogen-bond donors (Lipinski definition) is 3. The van der Waals surface area contributed by atoms with Gasteiger partial charge in [-0.1, -0.05) is 25.7 Å². The van der Waals surface area contributed by atoms with Gasteiger partial charge in [0, 0.05) is 18.7 Å². The van der Waals surface area contributed by atoms with Gasteiger partial charge in [0.25, 0.3) is 0 Å². The lowest BCUT2D eigenvalue weighted by atomic mass is 9.82. The predicted molar refractivity (Wildman–Crippen MR) is 117 cm³/mol. The van der Waals surface area contributed by atoms with Crippen LogP contribution < -0.4 is 5.32 Å². The van der Waals surface area contributed by atoms with E-state index in [0.29, 0.717) is 44.3 Å². The topological polar surface area (TPSA) is 65.0 Å². The zero-order valence-corrected chi connectivity index (χ0v) is 18.5. The summed E-state index contributed by atoms with van der Waals surface area (Å²) in [4.78, 5) is 5.30. The quantitative estimate of drug-likeness (QED) is 0.582. The van der Waals surface area contributed by atoms with Crippen LogP contribution in [0.15, 0.2) is 58.4 Å². The molecule has 1 aliphatic carbocycles. The minimum atomic E-state index is -0.971. The molecular formula is C24H35FN2O3. The fourth-order valence-corrected chi connectivity index (χ4v) is 4.82. The molecule has 0 radical (unpaired) electrons. The molecule has 3 rings (SSSR count). The lowest BCUT2D eigenvalue weighted by Gasteiger charge is -2.38. The number of aliphatic hydroxyl groups is 2. The van der Waals surface area contributed by atoms with Gasteiger partial charge >= 0.3 is 0 Å². The Labute approximate surface area is 179 Å². The third-order valence-corrected chi connectivity index (χ3v) is 6.80. The van der Waals surface area contributed by atoms with Crippen LogP contribution in [-0.4, -0.2) is 53.4 Å². The highest BCUT2D eigenvalue weighted by Crippen LogP contribution is 2.41. The van der Waals surface area contributed by atoms with E-state index in [0.717, 1.165) is 22.3 Å². The van der Waals surface area contributed by atoms with Crippen molar-refractivity contribution < 1.29 is 19.4 Å². The van der Waals surface area contributed by atoms with Gasteiger partial charge in [-0.15, -0.1) is 0 Å². The molecule has 0 bridgehead atoms. The van der Waals surface area contributed by atoms with Crippen molar-refractivity contribution in [3.8, 4) is 0 Å². The summed E-state index contributed by atoms with van der Waals surface area (Å²) in [5.74, 6) is 0.282. The number of hydroxylamine groups is 2. The van der Waals surface area contributed by atoms with E-state index in [2.05, 4.69) is 11.9 Å². The maximum Gasteiger partial charge on any atom is 0.135 e. The van der Waals surface area contributed by atoms with Crippen LogP contribution in [0.2, 0.25) is 0 Å². The average Bonchev–Trinajstić information content (AvgIpc) is 2.95. The Kier molecular flexibility index (Phi) is 7.02. The first kappa shape index (κ1) is 22.9. The molecule has 1 fully saturated rings. The largest absolute Gasteiger partial charge is 0.510 e. The normalized spacial score (nSPS) is 30.7. The minimum absolute atomic E-state index is 0.0866. The highest BCUT2D eigenvalue weighted by atomic mass is 19.1. The summed E-state index contributed by atoms with van der Waals surface area (Å²) in [6.07, 6.45) is 6.21. The van der Waals surface area contributed by atoms with Crippen LogP contribution in [-0.2, 0) is 4.84 Å². The van der Waals surface area contributed by atoms with Crippen LogP contribution in [0, 0.1) is 5.92 Å². The van der Waals surface area contributed by atoms with Crippen LogP contribution in [0.4, 0.5) is 4.39 Å². The van der Waals surface area contributed by atoms with Crippen LogP contribution >= 0.6 is 0 Å². The van der Waals surface area contributed by atoms with Crippen LogP contribution in [0.1, 0.15) is 46.5 Å². The van der Waals surface area contributed by atoms with Crippen molar-refractivity contribution in [1.29, 1.82) is 0 Å². The molecule has 3 aliphatic rings. The summed E-state index contributed by atoms with van der Waals surface area (Å²) in [6.45, 7) is 11.5. The lowest BCUT2D eigenvalue weighted by molar-refractivity contribution is -0.152. The molecule has 3 unspecified atom stereocenters. The van der Waals surface area contributed by atoms with Crippen molar-refractivity contribution in [2.45, 2.75) is 64.4 Å². The van der Waals surface area contributed by atoms with Crippen molar-refractivity contribution in [1.82, 2.24) is 10.4 Å². The Hall–Kier alpha value is -1.73. The molecule has 3 N–H and O–H groups in total. The van der Waals surface area contributed by atoms with Gasteiger partial charge in [0.1, 0.15) is 18.2 Å². The highest BCUT2D eigenvalue weighted by molar-refractivity contribution is 5.57. The second kappa shape index (κ2) is 9.18. The number of nitrogens with one attached hydrogen (secondary N) is 1. The molecule has 1 saturated heterocycles. The summed E-state index contributed by atoms with van der Waals surface area (Å²) < 4.78 is 13.7. The Bertz CT molecular complexity index is 803. The molecule has 5 nitrogen and oxygen atoms in total. The SMILES string of the molecule is C=C(/C=C(C1=C(O)C2(CCN(OC)CC2)NC1O)\C(C)=C/C)C1=CCC(F)CC1C. The van der Waals surface area contributed by atoms with Crippen molar-refractivity contribution >= 4 is 0 Å².